The van der Waals surface area contributed by atoms with Crippen molar-refractivity contribution in [1.29, 1.82) is 0 Å². The van der Waals surface area contributed by atoms with Crippen LogP contribution in [0.4, 0.5) is 0 Å². The highest BCUT2D eigenvalue weighted by molar-refractivity contribution is 5.78. The van der Waals surface area contributed by atoms with Crippen LogP contribution in [0.5, 0.6) is 0 Å². The van der Waals surface area contributed by atoms with Gasteiger partial charge < -0.3 is 0 Å². The summed E-state index contributed by atoms with van der Waals surface area (Å²) in [4.78, 5) is 0. The van der Waals surface area contributed by atoms with Crippen molar-refractivity contribution >= 4 is 0 Å². The zero-order valence-corrected chi connectivity index (χ0v) is 20.5. The lowest BCUT2D eigenvalue weighted by Gasteiger charge is -2.49. The Kier molecular flexibility index (Phi) is 3.46. The fourth-order valence-electron chi connectivity index (χ4n) is 8.65. The van der Waals surface area contributed by atoms with Gasteiger partial charge in [0, 0.05) is 23.7 Å². The molecule has 0 aromatic heterocycles. The van der Waals surface area contributed by atoms with Crippen molar-refractivity contribution in [3.8, 4) is 0 Å². The molecule has 6 aliphatic rings. The Hall–Kier alpha value is -3.90. The monoisotopic (exact) mass is 458 g/mol. The summed E-state index contributed by atoms with van der Waals surface area (Å²) in [7, 11) is 0. The van der Waals surface area contributed by atoms with Crippen molar-refractivity contribution in [3.05, 3.63) is 175 Å². The second-order valence-electron chi connectivity index (χ2n) is 11.2. The van der Waals surface area contributed by atoms with Gasteiger partial charge in [-0.05, 0) is 91.7 Å². The number of benzene rings is 5. The minimum atomic E-state index is 0.326. The summed E-state index contributed by atoms with van der Waals surface area (Å²) in [5, 5.41) is 0. The number of hydrogen-bond acceptors (Lipinski definition) is 0. The standard InChI is InChI=1S/C36H26/c1-19-29-31(35-25-15-7-3-11-21(25)33(29)22-12-4-8-16-26(22)35)20(2)32-30(19)34-23-13-5-9-17-27(23)36(32)28-18-10-6-14-24(28)34/h3-18,33-36H,1-2H3. The normalized spacial score (nSPS) is 22.7. The maximum Gasteiger partial charge on any atom is 0.0352 e. The first-order valence-corrected chi connectivity index (χ1v) is 13.3. The van der Waals surface area contributed by atoms with Gasteiger partial charge in [0.05, 0.1) is 0 Å². The lowest BCUT2D eigenvalue weighted by molar-refractivity contribution is 0.698. The third-order valence-corrected chi connectivity index (χ3v) is 9.82. The van der Waals surface area contributed by atoms with Crippen molar-refractivity contribution in [1.82, 2.24) is 0 Å². The summed E-state index contributed by atoms with van der Waals surface area (Å²) in [5.74, 6) is 1.30. The molecule has 0 amide bonds. The fourth-order valence-corrected chi connectivity index (χ4v) is 8.65. The highest BCUT2D eigenvalue weighted by atomic mass is 14.5. The van der Waals surface area contributed by atoms with Gasteiger partial charge in [0.1, 0.15) is 0 Å². The van der Waals surface area contributed by atoms with Crippen LogP contribution in [0.1, 0.15) is 102 Å². The molecule has 36 heavy (non-hydrogen) atoms. The fraction of sp³-hybridized carbons (Fsp3) is 0.167. The van der Waals surface area contributed by atoms with Gasteiger partial charge in [0.2, 0.25) is 0 Å². The van der Waals surface area contributed by atoms with Gasteiger partial charge in [-0.1, -0.05) is 97.1 Å². The van der Waals surface area contributed by atoms with Crippen LogP contribution in [0.25, 0.3) is 0 Å². The summed E-state index contributed by atoms with van der Waals surface area (Å²) >= 11 is 0. The summed E-state index contributed by atoms with van der Waals surface area (Å²) in [6.45, 7) is 4.88. The first-order chi connectivity index (χ1) is 17.8. The summed E-state index contributed by atoms with van der Waals surface area (Å²) in [6, 6.07) is 37.0. The molecule has 0 nitrogen and oxygen atoms in total. The molecule has 0 fully saturated rings. The smallest absolute Gasteiger partial charge is 0.0352 e. The first kappa shape index (κ1) is 19.3. The van der Waals surface area contributed by atoms with Gasteiger partial charge in [-0.2, -0.15) is 0 Å². The highest BCUT2D eigenvalue weighted by Crippen LogP contribution is 2.63. The molecule has 0 atom stereocenters. The Labute approximate surface area is 212 Å². The SMILES string of the molecule is Cc1c2c(c(C)c3c1C1c4ccccc4C3c3ccccc31)C1c3ccccc3C2c2ccccc21. The highest BCUT2D eigenvalue weighted by Gasteiger charge is 2.48. The first-order valence-electron chi connectivity index (χ1n) is 13.3. The van der Waals surface area contributed by atoms with E-state index < -0.39 is 0 Å². The van der Waals surface area contributed by atoms with Crippen LogP contribution in [0.3, 0.4) is 0 Å². The summed E-state index contributed by atoms with van der Waals surface area (Å²) in [5.41, 5.74) is 21.5. The minimum absolute atomic E-state index is 0.326. The lowest BCUT2D eigenvalue weighted by atomic mass is 9.54. The molecule has 11 rings (SSSR count). The predicted molar refractivity (Wildman–Crippen MR) is 145 cm³/mol. The Morgan fingerprint density at radius 2 is 0.472 bits per heavy atom. The van der Waals surface area contributed by atoms with Crippen LogP contribution in [0, 0.1) is 13.8 Å². The molecule has 0 unspecified atom stereocenters. The van der Waals surface area contributed by atoms with Crippen molar-refractivity contribution in [2.75, 3.05) is 0 Å². The van der Waals surface area contributed by atoms with Crippen molar-refractivity contribution < 1.29 is 0 Å². The molecular formula is C36H26. The average Bonchev–Trinajstić information content (AvgIpc) is 2.95. The Morgan fingerprint density at radius 3 is 0.639 bits per heavy atom. The molecule has 0 heteroatoms. The van der Waals surface area contributed by atoms with E-state index in [0.29, 0.717) is 23.7 Å². The van der Waals surface area contributed by atoms with Crippen molar-refractivity contribution in [3.63, 3.8) is 0 Å². The molecule has 0 heterocycles. The topological polar surface area (TPSA) is 0 Å². The molecule has 0 saturated heterocycles. The molecular weight excluding hydrogens is 432 g/mol. The largest absolute Gasteiger partial charge is 0.0619 e. The van der Waals surface area contributed by atoms with E-state index in [-0.39, 0.29) is 0 Å². The van der Waals surface area contributed by atoms with Crippen LogP contribution in [0.2, 0.25) is 0 Å². The van der Waals surface area contributed by atoms with E-state index in [2.05, 4.69) is 111 Å². The minimum Gasteiger partial charge on any atom is -0.0619 e. The van der Waals surface area contributed by atoms with E-state index in [1.165, 1.54) is 55.6 Å². The van der Waals surface area contributed by atoms with Gasteiger partial charge in [0.15, 0.2) is 0 Å². The molecule has 0 aliphatic heterocycles. The maximum atomic E-state index is 2.44. The molecule has 5 aromatic carbocycles. The zero-order valence-electron chi connectivity index (χ0n) is 20.5. The van der Waals surface area contributed by atoms with Gasteiger partial charge >= 0.3 is 0 Å². The second kappa shape index (κ2) is 6.45. The van der Waals surface area contributed by atoms with Crippen LogP contribution in [-0.2, 0) is 0 Å². The van der Waals surface area contributed by atoms with Gasteiger partial charge in [-0.15, -0.1) is 0 Å². The maximum absolute atomic E-state index is 2.44. The van der Waals surface area contributed by atoms with Crippen LogP contribution in [0.15, 0.2) is 97.1 Å². The molecule has 5 aromatic rings. The molecule has 0 radical (unpaired) electrons. The zero-order chi connectivity index (χ0) is 23.7. The van der Waals surface area contributed by atoms with Gasteiger partial charge in [-0.3, -0.25) is 0 Å². The van der Waals surface area contributed by atoms with Crippen molar-refractivity contribution in [2.24, 2.45) is 0 Å². The van der Waals surface area contributed by atoms with E-state index in [0.717, 1.165) is 0 Å². The van der Waals surface area contributed by atoms with Crippen LogP contribution >= 0.6 is 0 Å². The van der Waals surface area contributed by atoms with E-state index in [4.69, 9.17) is 0 Å². The molecule has 0 saturated carbocycles. The van der Waals surface area contributed by atoms with Crippen LogP contribution < -0.4 is 0 Å². The molecule has 6 aliphatic carbocycles. The molecule has 0 N–H and O–H groups in total. The molecule has 170 valence electrons. The Balaban J connectivity index is 1.43. The molecule has 0 spiro atoms. The average molecular weight is 459 g/mol. The number of rotatable bonds is 0. The van der Waals surface area contributed by atoms with E-state index >= 15 is 0 Å². The predicted octanol–water partition coefficient (Wildman–Crippen LogP) is 8.28. The Bertz CT molecular complexity index is 1430. The van der Waals surface area contributed by atoms with Crippen LogP contribution in [-0.4, -0.2) is 0 Å². The summed E-state index contributed by atoms with van der Waals surface area (Å²) in [6.07, 6.45) is 0. The van der Waals surface area contributed by atoms with E-state index in [1.54, 1.807) is 22.3 Å². The Morgan fingerprint density at radius 1 is 0.306 bits per heavy atom. The quantitative estimate of drug-likeness (QED) is 0.214. The van der Waals surface area contributed by atoms with Gasteiger partial charge in [0.25, 0.3) is 0 Å². The third kappa shape index (κ3) is 2.03. The summed E-state index contributed by atoms with van der Waals surface area (Å²) < 4.78 is 0. The van der Waals surface area contributed by atoms with Crippen molar-refractivity contribution in [2.45, 2.75) is 37.5 Å². The second-order valence-corrected chi connectivity index (χ2v) is 11.2. The number of hydrogen-bond donors (Lipinski definition) is 0. The molecule has 4 bridgehead atoms. The lowest BCUT2D eigenvalue weighted by Crippen LogP contribution is -2.34. The third-order valence-electron chi connectivity index (χ3n) is 9.82. The van der Waals surface area contributed by atoms with Gasteiger partial charge in [-0.25, -0.2) is 0 Å². The van der Waals surface area contributed by atoms with E-state index in [9.17, 15) is 0 Å². The van der Waals surface area contributed by atoms with E-state index in [1.807, 2.05) is 0 Å².